The zero-order valence-electron chi connectivity index (χ0n) is 16.0. The Morgan fingerprint density at radius 2 is 1.64 bits per heavy atom. The molecule has 0 aromatic rings. The SMILES string of the molecule is C=C(C)C(=O)OCC1(COC2CCCCO2)CCCCCCCCC1. The third-order valence-electron chi connectivity index (χ3n) is 5.49. The van der Waals surface area contributed by atoms with E-state index in [-0.39, 0.29) is 17.7 Å². The van der Waals surface area contributed by atoms with Gasteiger partial charge >= 0.3 is 5.97 Å². The summed E-state index contributed by atoms with van der Waals surface area (Å²) in [6.07, 6.45) is 14.2. The van der Waals surface area contributed by atoms with Gasteiger partial charge in [-0.3, -0.25) is 0 Å². The number of carbonyl (C=O) groups excluding carboxylic acids is 1. The molecule has 2 fully saturated rings. The Morgan fingerprint density at radius 1 is 1.00 bits per heavy atom. The van der Waals surface area contributed by atoms with Crippen LogP contribution in [0.3, 0.4) is 0 Å². The van der Waals surface area contributed by atoms with Crippen molar-refractivity contribution in [1.29, 1.82) is 0 Å². The van der Waals surface area contributed by atoms with Crippen molar-refractivity contribution in [2.24, 2.45) is 5.41 Å². The summed E-state index contributed by atoms with van der Waals surface area (Å²) in [7, 11) is 0. The topological polar surface area (TPSA) is 44.8 Å². The predicted molar refractivity (Wildman–Crippen MR) is 99.3 cm³/mol. The normalized spacial score (nSPS) is 25.1. The zero-order valence-corrected chi connectivity index (χ0v) is 16.0. The quantitative estimate of drug-likeness (QED) is 0.489. The number of hydrogen-bond donors (Lipinski definition) is 0. The first-order valence-electron chi connectivity index (χ1n) is 10.2. The molecule has 2 rings (SSSR count). The van der Waals surface area contributed by atoms with E-state index in [0.29, 0.717) is 18.8 Å². The molecule has 0 spiro atoms. The monoisotopic (exact) mass is 352 g/mol. The third kappa shape index (κ3) is 7.49. The van der Waals surface area contributed by atoms with E-state index < -0.39 is 0 Å². The predicted octanol–water partition coefficient (Wildman–Crippen LogP) is 5.16. The molecule has 1 aliphatic carbocycles. The number of ether oxygens (including phenoxy) is 3. The van der Waals surface area contributed by atoms with E-state index in [1.165, 1.54) is 51.4 Å². The van der Waals surface area contributed by atoms with Crippen molar-refractivity contribution >= 4 is 5.97 Å². The fraction of sp³-hybridized carbons (Fsp3) is 0.857. The number of rotatable bonds is 6. The third-order valence-corrected chi connectivity index (χ3v) is 5.49. The summed E-state index contributed by atoms with van der Waals surface area (Å²) in [5.74, 6) is -0.287. The molecule has 0 N–H and O–H groups in total. The summed E-state index contributed by atoms with van der Waals surface area (Å²) in [5.41, 5.74) is 0.384. The average Bonchev–Trinajstić information content (AvgIpc) is 2.64. The van der Waals surface area contributed by atoms with Crippen LogP contribution in [-0.2, 0) is 19.0 Å². The van der Waals surface area contributed by atoms with Crippen LogP contribution in [0, 0.1) is 5.41 Å². The molecule has 1 saturated heterocycles. The zero-order chi connectivity index (χ0) is 18.0. The molecule has 0 aromatic carbocycles. The molecule has 1 saturated carbocycles. The van der Waals surface area contributed by atoms with Crippen molar-refractivity contribution in [3.63, 3.8) is 0 Å². The molecule has 2 aliphatic rings. The Bertz CT molecular complexity index is 402. The fourth-order valence-corrected chi connectivity index (χ4v) is 3.79. The lowest BCUT2D eigenvalue weighted by molar-refractivity contribution is -0.187. The van der Waals surface area contributed by atoms with E-state index in [2.05, 4.69) is 6.58 Å². The van der Waals surface area contributed by atoms with Crippen molar-refractivity contribution in [2.45, 2.75) is 90.3 Å². The number of esters is 1. The van der Waals surface area contributed by atoms with E-state index in [4.69, 9.17) is 14.2 Å². The lowest BCUT2D eigenvalue weighted by Gasteiger charge is -2.36. The Balaban J connectivity index is 1.97. The van der Waals surface area contributed by atoms with Gasteiger partial charge in [-0.25, -0.2) is 4.79 Å². The van der Waals surface area contributed by atoms with Crippen LogP contribution in [-0.4, -0.2) is 32.1 Å². The van der Waals surface area contributed by atoms with Crippen LogP contribution in [0.5, 0.6) is 0 Å². The van der Waals surface area contributed by atoms with Crippen molar-refractivity contribution in [3.8, 4) is 0 Å². The van der Waals surface area contributed by atoms with Crippen molar-refractivity contribution < 1.29 is 19.0 Å². The van der Waals surface area contributed by atoms with Crippen LogP contribution in [0.15, 0.2) is 12.2 Å². The molecule has 0 radical (unpaired) electrons. The van der Waals surface area contributed by atoms with Crippen LogP contribution in [0.25, 0.3) is 0 Å². The Morgan fingerprint density at radius 3 is 2.20 bits per heavy atom. The van der Waals surface area contributed by atoms with Gasteiger partial charge < -0.3 is 14.2 Å². The molecular weight excluding hydrogens is 316 g/mol. The molecule has 0 amide bonds. The van der Waals surface area contributed by atoms with Gasteiger partial charge in [-0.05, 0) is 39.0 Å². The summed E-state index contributed by atoms with van der Waals surface area (Å²) < 4.78 is 17.5. The molecule has 4 heteroatoms. The van der Waals surface area contributed by atoms with Crippen molar-refractivity contribution in [1.82, 2.24) is 0 Å². The van der Waals surface area contributed by atoms with E-state index in [0.717, 1.165) is 32.3 Å². The Hall–Kier alpha value is -0.870. The highest BCUT2D eigenvalue weighted by Gasteiger charge is 2.33. The second-order valence-electron chi connectivity index (χ2n) is 7.94. The molecule has 1 heterocycles. The van der Waals surface area contributed by atoms with Gasteiger partial charge in [-0.1, -0.05) is 51.5 Å². The first kappa shape index (κ1) is 20.4. The highest BCUT2D eigenvalue weighted by atomic mass is 16.7. The maximum absolute atomic E-state index is 11.9. The van der Waals surface area contributed by atoms with Crippen LogP contribution in [0.4, 0.5) is 0 Å². The Kier molecular flexibility index (Phi) is 8.97. The molecule has 4 nitrogen and oxygen atoms in total. The second kappa shape index (κ2) is 11.0. The molecule has 144 valence electrons. The Labute approximate surface area is 153 Å². The summed E-state index contributed by atoms with van der Waals surface area (Å²) in [4.78, 5) is 11.9. The van der Waals surface area contributed by atoms with Gasteiger partial charge in [-0.2, -0.15) is 0 Å². The van der Waals surface area contributed by atoms with Gasteiger partial charge in [0.15, 0.2) is 6.29 Å². The minimum Gasteiger partial charge on any atom is -0.462 e. The summed E-state index contributed by atoms with van der Waals surface area (Å²) in [5, 5.41) is 0. The summed E-state index contributed by atoms with van der Waals surface area (Å²) in [6, 6.07) is 0. The molecule has 1 aliphatic heterocycles. The largest absolute Gasteiger partial charge is 0.462 e. The van der Waals surface area contributed by atoms with Gasteiger partial charge in [0.25, 0.3) is 0 Å². The van der Waals surface area contributed by atoms with E-state index in [9.17, 15) is 4.79 Å². The molecule has 1 unspecified atom stereocenters. The highest BCUT2D eigenvalue weighted by Crippen LogP contribution is 2.35. The lowest BCUT2D eigenvalue weighted by atomic mass is 9.78. The van der Waals surface area contributed by atoms with Gasteiger partial charge in [-0.15, -0.1) is 0 Å². The van der Waals surface area contributed by atoms with Gasteiger partial charge in [0.1, 0.15) is 0 Å². The smallest absolute Gasteiger partial charge is 0.333 e. The lowest BCUT2D eigenvalue weighted by Crippen LogP contribution is -2.37. The molecule has 0 aromatic heterocycles. The minimum absolute atomic E-state index is 0.0801. The molecule has 0 bridgehead atoms. The fourth-order valence-electron chi connectivity index (χ4n) is 3.79. The van der Waals surface area contributed by atoms with Crippen LogP contribution < -0.4 is 0 Å². The van der Waals surface area contributed by atoms with Gasteiger partial charge in [0, 0.05) is 17.6 Å². The van der Waals surface area contributed by atoms with E-state index in [1.807, 2.05) is 0 Å². The molecule has 25 heavy (non-hydrogen) atoms. The maximum atomic E-state index is 11.9. The summed E-state index contributed by atoms with van der Waals surface area (Å²) >= 11 is 0. The van der Waals surface area contributed by atoms with Gasteiger partial charge in [0.2, 0.25) is 0 Å². The van der Waals surface area contributed by atoms with Crippen molar-refractivity contribution in [2.75, 3.05) is 19.8 Å². The first-order valence-corrected chi connectivity index (χ1v) is 10.2. The van der Waals surface area contributed by atoms with Crippen LogP contribution >= 0.6 is 0 Å². The van der Waals surface area contributed by atoms with Gasteiger partial charge in [0.05, 0.1) is 13.2 Å². The van der Waals surface area contributed by atoms with Crippen LogP contribution in [0.1, 0.15) is 84.0 Å². The minimum atomic E-state index is -0.287. The van der Waals surface area contributed by atoms with Crippen LogP contribution in [0.2, 0.25) is 0 Å². The maximum Gasteiger partial charge on any atom is 0.333 e. The number of hydrogen-bond acceptors (Lipinski definition) is 4. The number of carbonyl (C=O) groups is 1. The highest BCUT2D eigenvalue weighted by molar-refractivity contribution is 5.86. The average molecular weight is 353 g/mol. The first-order chi connectivity index (χ1) is 12.1. The van der Waals surface area contributed by atoms with E-state index in [1.54, 1.807) is 6.92 Å². The summed E-state index contributed by atoms with van der Waals surface area (Å²) in [6.45, 7) is 7.26. The molecule has 1 atom stereocenters. The molecular formula is C21H36O4. The van der Waals surface area contributed by atoms with Crippen molar-refractivity contribution in [3.05, 3.63) is 12.2 Å². The standard InChI is InChI=1S/C21H36O4/c1-18(2)20(22)25-17-21(16-24-19-12-8-11-15-23-19)13-9-6-4-3-5-7-10-14-21/h19H,1,3-17H2,2H3. The second-order valence-corrected chi connectivity index (χ2v) is 7.94. The van der Waals surface area contributed by atoms with E-state index >= 15 is 0 Å².